The van der Waals surface area contributed by atoms with Gasteiger partial charge in [0.1, 0.15) is 0 Å². The summed E-state index contributed by atoms with van der Waals surface area (Å²) in [5.41, 5.74) is 6.18. The molecule has 0 aliphatic heterocycles. The Morgan fingerprint density at radius 1 is 1.60 bits per heavy atom. The molecule has 2 atom stereocenters. The van der Waals surface area contributed by atoms with E-state index in [1.807, 2.05) is 6.92 Å². The molecule has 0 heterocycles. The molecule has 3 nitrogen and oxygen atoms in total. The third kappa shape index (κ3) is 3.19. The summed E-state index contributed by atoms with van der Waals surface area (Å²) in [6.45, 7) is 1.85. The number of halogens is 1. The minimum absolute atomic E-state index is 0.0819. The summed E-state index contributed by atoms with van der Waals surface area (Å²) in [6.07, 6.45) is -0.0819. The number of ether oxygens (including phenoxy) is 1. The first kappa shape index (κ1) is 12.5. The molecule has 0 aliphatic carbocycles. The molecule has 2 unspecified atom stereocenters. The van der Waals surface area contributed by atoms with Crippen LogP contribution in [0.2, 0.25) is 5.02 Å². The standard InChI is InChI=1S/C10H14ClNO2S/c1-7(14-2)6-15(13)10-8(11)4-3-5-9(10)12/h3-5,7H,6,12H2,1-2H3. The van der Waals surface area contributed by atoms with E-state index in [9.17, 15) is 4.21 Å². The molecule has 15 heavy (non-hydrogen) atoms. The summed E-state index contributed by atoms with van der Waals surface area (Å²) in [7, 11) is 0.363. The van der Waals surface area contributed by atoms with Gasteiger partial charge >= 0.3 is 0 Å². The molecule has 0 saturated carbocycles. The van der Waals surface area contributed by atoms with E-state index < -0.39 is 10.8 Å². The Balaban J connectivity index is 2.91. The average Bonchev–Trinajstić information content (AvgIpc) is 2.17. The van der Waals surface area contributed by atoms with Gasteiger partial charge in [0.15, 0.2) is 0 Å². The van der Waals surface area contributed by atoms with Crippen molar-refractivity contribution >= 4 is 28.1 Å². The Labute approximate surface area is 97.0 Å². The Kier molecular flexibility index (Phi) is 4.57. The highest BCUT2D eigenvalue weighted by Crippen LogP contribution is 2.26. The molecule has 0 bridgehead atoms. The third-order valence-corrected chi connectivity index (χ3v) is 4.12. The molecule has 0 amide bonds. The Morgan fingerprint density at radius 3 is 2.80 bits per heavy atom. The van der Waals surface area contributed by atoms with Crippen LogP contribution in [0.4, 0.5) is 5.69 Å². The number of benzene rings is 1. The molecule has 0 saturated heterocycles. The predicted molar refractivity (Wildman–Crippen MR) is 63.6 cm³/mol. The predicted octanol–water partition coefficient (Wildman–Crippen LogP) is 2.06. The van der Waals surface area contributed by atoms with Crippen LogP contribution in [-0.4, -0.2) is 23.2 Å². The van der Waals surface area contributed by atoms with Gasteiger partial charge < -0.3 is 10.5 Å². The highest BCUT2D eigenvalue weighted by Gasteiger charge is 2.14. The second-order valence-corrected chi connectivity index (χ2v) is 5.06. The van der Waals surface area contributed by atoms with Gasteiger partial charge in [0.2, 0.25) is 0 Å². The fourth-order valence-electron chi connectivity index (χ4n) is 1.13. The van der Waals surface area contributed by atoms with Gasteiger partial charge in [-0.25, -0.2) is 0 Å². The summed E-state index contributed by atoms with van der Waals surface area (Å²) in [5.74, 6) is 0.393. The van der Waals surface area contributed by atoms with Crippen molar-refractivity contribution in [2.24, 2.45) is 0 Å². The van der Waals surface area contributed by atoms with Crippen molar-refractivity contribution in [3.63, 3.8) is 0 Å². The number of nitrogen functional groups attached to an aromatic ring is 1. The van der Waals surface area contributed by atoms with Gasteiger partial charge in [-0.05, 0) is 19.1 Å². The van der Waals surface area contributed by atoms with Crippen molar-refractivity contribution in [1.29, 1.82) is 0 Å². The second kappa shape index (κ2) is 5.49. The number of hydrogen-bond acceptors (Lipinski definition) is 3. The first-order chi connectivity index (χ1) is 7.06. The zero-order valence-electron chi connectivity index (χ0n) is 8.70. The lowest BCUT2D eigenvalue weighted by molar-refractivity contribution is 0.137. The molecule has 0 fully saturated rings. The highest BCUT2D eigenvalue weighted by atomic mass is 35.5. The van der Waals surface area contributed by atoms with E-state index in [1.54, 1.807) is 25.3 Å². The van der Waals surface area contributed by atoms with E-state index in [-0.39, 0.29) is 6.10 Å². The summed E-state index contributed by atoms with van der Waals surface area (Å²) >= 11 is 5.94. The normalized spacial score (nSPS) is 14.9. The van der Waals surface area contributed by atoms with Crippen LogP contribution in [0.3, 0.4) is 0 Å². The van der Waals surface area contributed by atoms with Gasteiger partial charge in [0.05, 0.1) is 32.6 Å². The van der Waals surface area contributed by atoms with Gasteiger partial charge in [0, 0.05) is 12.8 Å². The van der Waals surface area contributed by atoms with E-state index in [4.69, 9.17) is 22.1 Å². The maximum atomic E-state index is 11.9. The van der Waals surface area contributed by atoms with Crippen LogP contribution >= 0.6 is 11.6 Å². The molecule has 0 spiro atoms. The van der Waals surface area contributed by atoms with Crippen molar-refractivity contribution in [1.82, 2.24) is 0 Å². The van der Waals surface area contributed by atoms with E-state index in [1.165, 1.54) is 0 Å². The van der Waals surface area contributed by atoms with Gasteiger partial charge in [-0.15, -0.1) is 0 Å². The first-order valence-electron chi connectivity index (χ1n) is 4.51. The molecule has 84 valence electrons. The summed E-state index contributed by atoms with van der Waals surface area (Å²) < 4.78 is 17.0. The highest BCUT2D eigenvalue weighted by molar-refractivity contribution is 7.85. The quantitative estimate of drug-likeness (QED) is 0.829. The van der Waals surface area contributed by atoms with Crippen LogP contribution in [0.15, 0.2) is 23.1 Å². The average molecular weight is 248 g/mol. The lowest BCUT2D eigenvalue weighted by Crippen LogP contribution is -2.16. The monoisotopic (exact) mass is 247 g/mol. The Morgan fingerprint density at radius 2 is 2.27 bits per heavy atom. The van der Waals surface area contributed by atoms with Crippen molar-refractivity contribution in [2.75, 3.05) is 18.6 Å². The van der Waals surface area contributed by atoms with E-state index in [0.717, 1.165) is 0 Å². The molecular weight excluding hydrogens is 234 g/mol. The fourth-order valence-corrected chi connectivity index (χ4v) is 2.92. The maximum absolute atomic E-state index is 11.9. The Bertz CT molecular complexity index is 350. The maximum Gasteiger partial charge on any atom is 0.0804 e. The summed E-state index contributed by atoms with van der Waals surface area (Å²) in [4.78, 5) is 0.503. The van der Waals surface area contributed by atoms with E-state index in [2.05, 4.69) is 0 Å². The van der Waals surface area contributed by atoms with Crippen molar-refractivity contribution in [3.8, 4) is 0 Å². The zero-order chi connectivity index (χ0) is 11.4. The molecule has 0 radical (unpaired) electrons. The molecular formula is C10H14ClNO2S. The number of methoxy groups -OCH3 is 1. The lowest BCUT2D eigenvalue weighted by Gasteiger charge is -2.11. The molecule has 2 N–H and O–H groups in total. The van der Waals surface area contributed by atoms with Crippen LogP contribution in [0.5, 0.6) is 0 Å². The van der Waals surface area contributed by atoms with Crippen LogP contribution in [-0.2, 0) is 15.5 Å². The van der Waals surface area contributed by atoms with E-state index in [0.29, 0.717) is 21.4 Å². The van der Waals surface area contributed by atoms with Gasteiger partial charge in [-0.2, -0.15) is 0 Å². The minimum Gasteiger partial charge on any atom is -0.398 e. The van der Waals surface area contributed by atoms with Crippen LogP contribution in [0, 0.1) is 0 Å². The molecule has 1 aromatic rings. The molecule has 1 aromatic carbocycles. The van der Waals surface area contributed by atoms with Crippen molar-refractivity contribution < 1.29 is 8.95 Å². The molecule has 0 aliphatic rings. The number of hydrogen-bond donors (Lipinski definition) is 1. The molecule has 0 aromatic heterocycles. The largest absolute Gasteiger partial charge is 0.398 e. The number of rotatable bonds is 4. The topological polar surface area (TPSA) is 52.3 Å². The number of nitrogens with two attached hydrogens (primary N) is 1. The van der Waals surface area contributed by atoms with Gasteiger partial charge in [0.25, 0.3) is 0 Å². The van der Waals surface area contributed by atoms with Gasteiger partial charge in [-0.1, -0.05) is 17.7 Å². The minimum atomic E-state index is -1.22. The summed E-state index contributed by atoms with van der Waals surface area (Å²) in [6, 6.07) is 5.11. The smallest absolute Gasteiger partial charge is 0.0804 e. The molecule has 1 rings (SSSR count). The van der Waals surface area contributed by atoms with Crippen molar-refractivity contribution in [3.05, 3.63) is 23.2 Å². The van der Waals surface area contributed by atoms with Crippen LogP contribution in [0.25, 0.3) is 0 Å². The fraction of sp³-hybridized carbons (Fsp3) is 0.400. The van der Waals surface area contributed by atoms with Gasteiger partial charge in [-0.3, -0.25) is 4.21 Å². The molecule has 5 heteroatoms. The Hall–Kier alpha value is -0.580. The SMILES string of the molecule is COC(C)CS(=O)c1c(N)cccc1Cl. The van der Waals surface area contributed by atoms with E-state index >= 15 is 0 Å². The second-order valence-electron chi connectivity index (χ2n) is 3.22. The first-order valence-corrected chi connectivity index (χ1v) is 6.21. The van der Waals surface area contributed by atoms with Crippen LogP contribution < -0.4 is 5.73 Å². The van der Waals surface area contributed by atoms with Crippen LogP contribution in [0.1, 0.15) is 6.92 Å². The third-order valence-electron chi connectivity index (χ3n) is 2.01. The lowest BCUT2D eigenvalue weighted by atomic mass is 10.3. The zero-order valence-corrected chi connectivity index (χ0v) is 10.3. The van der Waals surface area contributed by atoms with Crippen molar-refractivity contribution in [2.45, 2.75) is 17.9 Å². The summed E-state index contributed by atoms with van der Waals surface area (Å²) in [5, 5.41) is 0.441. The number of anilines is 1.